The van der Waals surface area contributed by atoms with Crippen LogP contribution in [0.4, 0.5) is 15.3 Å². The Kier molecular flexibility index (Phi) is 5.75. The maximum absolute atomic E-state index is 12.7. The van der Waals surface area contributed by atoms with Gasteiger partial charge in [-0.05, 0) is 44.2 Å². The lowest BCUT2D eigenvalue weighted by Crippen LogP contribution is -2.43. The van der Waals surface area contributed by atoms with Crippen LogP contribution in [0.1, 0.15) is 31.7 Å². The number of amides is 3. The molecule has 1 aromatic rings. The molecule has 3 rings (SSSR count). The lowest BCUT2D eigenvalue weighted by molar-refractivity contribution is -0.120. The molecule has 7 nitrogen and oxygen atoms in total. The summed E-state index contributed by atoms with van der Waals surface area (Å²) >= 11 is 0. The van der Waals surface area contributed by atoms with Crippen molar-refractivity contribution in [3.63, 3.8) is 0 Å². The molecule has 1 saturated heterocycles. The Morgan fingerprint density at radius 2 is 2.00 bits per heavy atom. The average Bonchev–Trinajstić information content (AvgIpc) is 2.95. The number of para-hydroxylation sites is 1. The van der Waals surface area contributed by atoms with Crippen LogP contribution in [-0.4, -0.2) is 60.0 Å². The lowest BCUT2D eigenvalue weighted by atomic mass is 10.1. The highest BCUT2D eigenvalue weighted by molar-refractivity contribution is 5.91. The summed E-state index contributed by atoms with van der Waals surface area (Å²) in [5.74, 6) is -0.174. The molecular weight excluding hydrogens is 334 g/mol. The fraction of sp³-hybridized carbons (Fsp3) is 0.526. The Hall–Kier alpha value is -2.57. The first-order valence-corrected chi connectivity index (χ1v) is 9.11. The molecule has 1 atom stereocenters. The van der Waals surface area contributed by atoms with Gasteiger partial charge >= 0.3 is 12.1 Å². The Balaban J connectivity index is 1.60. The molecule has 140 valence electrons. The summed E-state index contributed by atoms with van der Waals surface area (Å²) in [6.07, 6.45) is 2.72. The molecule has 7 heteroatoms. The third-order valence-electron chi connectivity index (χ3n) is 4.94. The van der Waals surface area contributed by atoms with Gasteiger partial charge in [0.05, 0.1) is 0 Å². The summed E-state index contributed by atoms with van der Waals surface area (Å²) in [5, 5.41) is 3.00. The highest BCUT2D eigenvalue weighted by atomic mass is 16.6. The molecule has 1 aromatic carbocycles. The molecule has 26 heavy (non-hydrogen) atoms. The number of rotatable bonds is 3. The summed E-state index contributed by atoms with van der Waals surface area (Å²) in [4.78, 5) is 39.2. The maximum atomic E-state index is 12.7. The standard InChI is InChI=1S/C19H25N3O4/c1-14(23)13-26-19(25)21-10-4-6-16(9-11-21)22-12-8-15-5-2-3-7-17(15)20-18(22)24/h2-3,5,7,16H,4,6,8-13H2,1H3,(H,20,24). The van der Waals surface area contributed by atoms with Crippen LogP contribution in [0.25, 0.3) is 0 Å². The number of Topliss-reactive ketones (excluding diaryl/α,β-unsaturated/α-hetero) is 1. The molecule has 1 unspecified atom stereocenters. The van der Waals surface area contributed by atoms with Crippen LogP contribution in [0.15, 0.2) is 24.3 Å². The number of urea groups is 1. The minimum absolute atomic E-state index is 0.0763. The second kappa shape index (κ2) is 8.21. The molecule has 0 spiro atoms. The minimum atomic E-state index is -0.450. The van der Waals surface area contributed by atoms with Gasteiger partial charge in [0.15, 0.2) is 12.4 Å². The Morgan fingerprint density at radius 1 is 1.19 bits per heavy atom. The number of benzene rings is 1. The number of nitrogens with zero attached hydrogens (tertiary/aromatic N) is 2. The van der Waals surface area contributed by atoms with Crippen molar-refractivity contribution >= 4 is 23.6 Å². The van der Waals surface area contributed by atoms with Crippen LogP contribution in [0.5, 0.6) is 0 Å². The summed E-state index contributed by atoms with van der Waals surface area (Å²) in [6, 6.07) is 7.89. The third kappa shape index (κ3) is 4.33. The molecule has 0 bridgehead atoms. The van der Waals surface area contributed by atoms with E-state index in [9.17, 15) is 14.4 Å². The SMILES string of the molecule is CC(=O)COC(=O)N1CCCC(N2CCc3ccccc3NC2=O)CC1. The van der Waals surface area contributed by atoms with Crippen molar-refractivity contribution in [3.05, 3.63) is 29.8 Å². The van der Waals surface area contributed by atoms with Crippen LogP contribution in [0.2, 0.25) is 0 Å². The fourth-order valence-electron chi connectivity index (χ4n) is 3.57. The first kappa shape index (κ1) is 18.2. The van der Waals surface area contributed by atoms with Crippen molar-refractivity contribution in [2.75, 3.05) is 31.6 Å². The molecule has 0 saturated carbocycles. The zero-order valence-corrected chi connectivity index (χ0v) is 15.1. The van der Waals surface area contributed by atoms with E-state index >= 15 is 0 Å². The van der Waals surface area contributed by atoms with E-state index in [0.717, 1.165) is 30.5 Å². The van der Waals surface area contributed by atoms with Crippen molar-refractivity contribution in [2.24, 2.45) is 0 Å². The van der Waals surface area contributed by atoms with E-state index in [1.165, 1.54) is 6.92 Å². The molecule has 1 N–H and O–H groups in total. The van der Waals surface area contributed by atoms with Crippen molar-refractivity contribution in [1.29, 1.82) is 0 Å². The summed E-state index contributed by atoms with van der Waals surface area (Å²) < 4.78 is 5.01. The van der Waals surface area contributed by atoms with Gasteiger partial charge in [0.25, 0.3) is 0 Å². The number of carbonyl (C=O) groups is 3. The Labute approximate surface area is 153 Å². The van der Waals surface area contributed by atoms with Gasteiger partial charge < -0.3 is 19.9 Å². The zero-order valence-electron chi connectivity index (χ0n) is 15.1. The van der Waals surface area contributed by atoms with E-state index in [1.807, 2.05) is 29.2 Å². The Bertz CT molecular complexity index is 691. The van der Waals surface area contributed by atoms with E-state index in [4.69, 9.17) is 4.74 Å². The number of likely N-dealkylation sites (tertiary alicyclic amines) is 1. The van der Waals surface area contributed by atoms with Crippen molar-refractivity contribution in [3.8, 4) is 0 Å². The van der Waals surface area contributed by atoms with Gasteiger partial charge in [-0.2, -0.15) is 0 Å². The van der Waals surface area contributed by atoms with Crippen molar-refractivity contribution < 1.29 is 19.1 Å². The number of hydrogen-bond acceptors (Lipinski definition) is 4. The molecule has 1 fully saturated rings. The lowest BCUT2D eigenvalue weighted by Gasteiger charge is -2.29. The first-order chi connectivity index (χ1) is 12.5. The van der Waals surface area contributed by atoms with Crippen LogP contribution in [-0.2, 0) is 16.0 Å². The molecular formula is C19H25N3O4. The summed E-state index contributed by atoms with van der Waals surface area (Å²) in [6.45, 7) is 2.98. The van der Waals surface area contributed by atoms with E-state index in [2.05, 4.69) is 5.32 Å². The molecule has 3 amide bonds. The molecule has 2 aliphatic rings. The molecule has 0 aliphatic carbocycles. The van der Waals surface area contributed by atoms with Gasteiger partial charge in [-0.1, -0.05) is 18.2 Å². The van der Waals surface area contributed by atoms with Crippen LogP contribution < -0.4 is 5.32 Å². The number of nitrogens with one attached hydrogen (secondary N) is 1. The summed E-state index contributed by atoms with van der Waals surface area (Å²) in [5.41, 5.74) is 2.02. The van der Waals surface area contributed by atoms with Crippen molar-refractivity contribution in [1.82, 2.24) is 9.80 Å². The monoisotopic (exact) mass is 359 g/mol. The summed E-state index contributed by atoms with van der Waals surface area (Å²) in [7, 11) is 0. The number of fused-ring (bicyclic) bond motifs is 1. The molecule has 0 radical (unpaired) electrons. The quantitative estimate of drug-likeness (QED) is 0.900. The van der Waals surface area contributed by atoms with Crippen molar-refractivity contribution in [2.45, 2.75) is 38.6 Å². The highest BCUT2D eigenvalue weighted by Gasteiger charge is 2.30. The fourth-order valence-corrected chi connectivity index (χ4v) is 3.57. The predicted octanol–water partition coefficient (Wildman–Crippen LogP) is 2.66. The van der Waals surface area contributed by atoms with Crippen LogP contribution in [0.3, 0.4) is 0 Å². The largest absolute Gasteiger partial charge is 0.441 e. The third-order valence-corrected chi connectivity index (χ3v) is 4.94. The van der Waals surface area contributed by atoms with E-state index in [-0.39, 0.29) is 24.5 Å². The van der Waals surface area contributed by atoms with Gasteiger partial charge in [0, 0.05) is 31.4 Å². The van der Waals surface area contributed by atoms with E-state index in [0.29, 0.717) is 26.1 Å². The number of carbonyl (C=O) groups excluding carboxylic acids is 3. The number of hydrogen-bond donors (Lipinski definition) is 1. The number of ether oxygens (including phenoxy) is 1. The second-order valence-corrected chi connectivity index (χ2v) is 6.86. The normalized spacial score (nSPS) is 20.5. The molecule has 0 aromatic heterocycles. The number of anilines is 1. The van der Waals surface area contributed by atoms with Crippen LogP contribution >= 0.6 is 0 Å². The van der Waals surface area contributed by atoms with Gasteiger partial charge in [0.1, 0.15) is 0 Å². The molecule has 2 aliphatic heterocycles. The average molecular weight is 359 g/mol. The first-order valence-electron chi connectivity index (χ1n) is 9.11. The zero-order chi connectivity index (χ0) is 18.5. The maximum Gasteiger partial charge on any atom is 0.410 e. The second-order valence-electron chi connectivity index (χ2n) is 6.86. The molecule has 2 heterocycles. The predicted molar refractivity (Wildman–Crippen MR) is 97.1 cm³/mol. The van der Waals surface area contributed by atoms with Gasteiger partial charge in [0.2, 0.25) is 0 Å². The van der Waals surface area contributed by atoms with E-state index in [1.54, 1.807) is 4.90 Å². The van der Waals surface area contributed by atoms with Crippen LogP contribution in [0, 0.1) is 0 Å². The minimum Gasteiger partial charge on any atom is -0.441 e. The van der Waals surface area contributed by atoms with Gasteiger partial charge in [-0.3, -0.25) is 4.79 Å². The van der Waals surface area contributed by atoms with Gasteiger partial charge in [-0.15, -0.1) is 0 Å². The Morgan fingerprint density at radius 3 is 2.81 bits per heavy atom. The van der Waals surface area contributed by atoms with Gasteiger partial charge in [-0.25, -0.2) is 9.59 Å². The van der Waals surface area contributed by atoms with E-state index < -0.39 is 6.09 Å². The number of ketones is 1. The highest BCUT2D eigenvalue weighted by Crippen LogP contribution is 2.24. The smallest absolute Gasteiger partial charge is 0.410 e. The topological polar surface area (TPSA) is 79.0 Å².